The normalized spacial score (nSPS) is 20.8. The molecule has 3 heteroatoms. The van der Waals surface area contributed by atoms with Crippen LogP contribution in [0.5, 0.6) is 0 Å². The fraction of sp³-hybridized carbons (Fsp3) is 0.667. The molecule has 1 fully saturated rings. The van der Waals surface area contributed by atoms with Gasteiger partial charge in [0.2, 0.25) is 0 Å². The molecule has 1 heterocycles. The average Bonchev–Trinajstić information content (AvgIpc) is 2.96. The second kappa shape index (κ2) is 8.92. The Morgan fingerprint density at radius 3 is 2.86 bits per heavy atom. The monoisotopic (exact) mass is 352 g/mol. The Balaban J connectivity index is 1.98. The molecule has 0 aromatic heterocycles. The summed E-state index contributed by atoms with van der Waals surface area (Å²) < 4.78 is 1.23. The van der Waals surface area contributed by atoms with Gasteiger partial charge in [0.15, 0.2) is 0 Å². The van der Waals surface area contributed by atoms with Crippen molar-refractivity contribution in [2.45, 2.75) is 58.0 Å². The van der Waals surface area contributed by atoms with Crippen molar-refractivity contribution in [3.05, 3.63) is 34.3 Å². The van der Waals surface area contributed by atoms with Crippen LogP contribution < -0.4 is 5.32 Å². The van der Waals surface area contributed by atoms with Gasteiger partial charge in [-0.15, -0.1) is 0 Å². The third-order valence-corrected chi connectivity index (χ3v) is 5.32. The quantitative estimate of drug-likeness (QED) is 0.725. The number of hydrogen-bond donors (Lipinski definition) is 1. The minimum Gasteiger partial charge on any atom is -0.310 e. The van der Waals surface area contributed by atoms with Crippen LogP contribution in [0.1, 0.15) is 57.6 Å². The van der Waals surface area contributed by atoms with Crippen LogP contribution in [-0.4, -0.2) is 30.6 Å². The van der Waals surface area contributed by atoms with E-state index in [2.05, 4.69) is 64.3 Å². The van der Waals surface area contributed by atoms with E-state index >= 15 is 0 Å². The molecular weight excluding hydrogens is 324 g/mol. The van der Waals surface area contributed by atoms with E-state index in [-0.39, 0.29) is 0 Å². The second-order valence-corrected chi connectivity index (χ2v) is 6.91. The molecule has 1 saturated heterocycles. The van der Waals surface area contributed by atoms with Gasteiger partial charge in [0, 0.05) is 23.1 Å². The first-order valence-corrected chi connectivity index (χ1v) is 9.27. The van der Waals surface area contributed by atoms with Crippen molar-refractivity contribution in [3.8, 4) is 0 Å². The van der Waals surface area contributed by atoms with Crippen LogP contribution >= 0.6 is 15.9 Å². The SMILES string of the molecule is CCCNC(CCN1CCCC1CC)c1ccccc1Br. The highest BCUT2D eigenvalue weighted by atomic mass is 79.9. The minimum atomic E-state index is 0.457. The standard InChI is InChI=1S/C18H29BrN2/c1-3-12-20-18(16-9-5-6-10-17(16)19)11-14-21-13-7-8-15(21)4-2/h5-6,9-10,15,18,20H,3-4,7-8,11-14H2,1-2H3. The molecular formula is C18H29BrN2. The van der Waals surface area contributed by atoms with Gasteiger partial charge in [-0.25, -0.2) is 0 Å². The van der Waals surface area contributed by atoms with Crippen molar-refractivity contribution in [1.82, 2.24) is 10.2 Å². The first-order chi connectivity index (χ1) is 10.3. The highest BCUT2D eigenvalue weighted by molar-refractivity contribution is 9.10. The Kier molecular flexibility index (Phi) is 7.21. The zero-order valence-electron chi connectivity index (χ0n) is 13.4. The van der Waals surface area contributed by atoms with Gasteiger partial charge in [0.05, 0.1) is 0 Å². The van der Waals surface area contributed by atoms with E-state index in [0.717, 1.165) is 12.6 Å². The third kappa shape index (κ3) is 4.80. The predicted molar refractivity (Wildman–Crippen MR) is 94.7 cm³/mol. The predicted octanol–water partition coefficient (Wildman–Crippen LogP) is 4.75. The first kappa shape index (κ1) is 17.0. The summed E-state index contributed by atoms with van der Waals surface area (Å²) in [6.07, 6.45) is 6.43. The number of nitrogens with zero attached hydrogens (tertiary/aromatic N) is 1. The number of halogens is 1. The highest BCUT2D eigenvalue weighted by Crippen LogP contribution is 2.27. The summed E-state index contributed by atoms with van der Waals surface area (Å²) in [5.74, 6) is 0. The molecule has 1 aliphatic heterocycles. The number of hydrogen-bond acceptors (Lipinski definition) is 2. The van der Waals surface area contributed by atoms with Crippen molar-refractivity contribution in [3.63, 3.8) is 0 Å². The Labute approximate surface area is 138 Å². The van der Waals surface area contributed by atoms with Crippen LogP contribution in [0.2, 0.25) is 0 Å². The maximum Gasteiger partial charge on any atom is 0.0343 e. The van der Waals surface area contributed by atoms with Gasteiger partial charge in [-0.1, -0.05) is 48.0 Å². The van der Waals surface area contributed by atoms with Crippen molar-refractivity contribution >= 4 is 15.9 Å². The molecule has 2 nitrogen and oxygen atoms in total. The number of nitrogens with one attached hydrogen (secondary N) is 1. The van der Waals surface area contributed by atoms with Crippen LogP contribution in [0.3, 0.4) is 0 Å². The summed E-state index contributed by atoms with van der Waals surface area (Å²) >= 11 is 3.71. The Morgan fingerprint density at radius 1 is 1.33 bits per heavy atom. The largest absolute Gasteiger partial charge is 0.310 e. The lowest BCUT2D eigenvalue weighted by molar-refractivity contribution is 0.234. The summed E-state index contributed by atoms with van der Waals surface area (Å²) in [6, 6.07) is 9.91. The molecule has 2 unspecified atom stereocenters. The fourth-order valence-electron chi connectivity index (χ4n) is 3.39. The zero-order chi connectivity index (χ0) is 15.1. The van der Waals surface area contributed by atoms with E-state index in [0.29, 0.717) is 6.04 Å². The molecule has 0 amide bonds. The van der Waals surface area contributed by atoms with Gasteiger partial charge >= 0.3 is 0 Å². The van der Waals surface area contributed by atoms with Crippen molar-refractivity contribution in [1.29, 1.82) is 0 Å². The van der Waals surface area contributed by atoms with E-state index in [4.69, 9.17) is 0 Å². The molecule has 0 spiro atoms. The summed E-state index contributed by atoms with van der Waals surface area (Å²) in [5.41, 5.74) is 1.40. The van der Waals surface area contributed by atoms with Crippen molar-refractivity contribution in [2.24, 2.45) is 0 Å². The van der Waals surface area contributed by atoms with E-state index in [1.807, 2.05) is 0 Å². The molecule has 1 aromatic rings. The number of benzene rings is 1. The smallest absolute Gasteiger partial charge is 0.0343 e. The van der Waals surface area contributed by atoms with Crippen LogP contribution in [0, 0.1) is 0 Å². The molecule has 118 valence electrons. The molecule has 2 rings (SSSR count). The lowest BCUT2D eigenvalue weighted by Crippen LogP contribution is -2.33. The Bertz CT molecular complexity index is 421. The number of rotatable bonds is 8. The van der Waals surface area contributed by atoms with Crippen molar-refractivity contribution in [2.75, 3.05) is 19.6 Å². The van der Waals surface area contributed by atoms with E-state index in [1.54, 1.807) is 0 Å². The summed E-state index contributed by atoms with van der Waals surface area (Å²) in [4.78, 5) is 2.69. The van der Waals surface area contributed by atoms with Crippen LogP contribution in [0.4, 0.5) is 0 Å². The molecule has 0 aliphatic carbocycles. The van der Waals surface area contributed by atoms with E-state index in [9.17, 15) is 0 Å². The first-order valence-electron chi connectivity index (χ1n) is 8.48. The second-order valence-electron chi connectivity index (χ2n) is 6.06. The summed E-state index contributed by atoms with van der Waals surface area (Å²) in [5, 5.41) is 3.73. The molecule has 0 saturated carbocycles. The molecule has 21 heavy (non-hydrogen) atoms. The van der Waals surface area contributed by atoms with Crippen LogP contribution in [0.15, 0.2) is 28.7 Å². The molecule has 0 bridgehead atoms. The topological polar surface area (TPSA) is 15.3 Å². The third-order valence-electron chi connectivity index (χ3n) is 4.60. The lowest BCUT2D eigenvalue weighted by atomic mass is 10.0. The van der Waals surface area contributed by atoms with Gasteiger partial charge in [-0.2, -0.15) is 0 Å². The summed E-state index contributed by atoms with van der Waals surface area (Å²) in [6.45, 7) is 8.14. The molecule has 2 atom stereocenters. The van der Waals surface area contributed by atoms with Gasteiger partial charge in [0.1, 0.15) is 0 Å². The minimum absolute atomic E-state index is 0.457. The van der Waals surface area contributed by atoms with Crippen LogP contribution in [-0.2, 0) is 0 Å². The van der Waals surface area contributed by atoms with Gasteiger partial charge in [0.25, 0.3) is 0 Å². The Morgan fingerprint density at radius 2 is 2.14 bits per heavy atom. The molecule has 1 aliphatic rings. The summed E-state index contributed by atoms with van der Waals surface area (Å²) in [7, 11) is 0. The van der Waals surface area contributed by atoms with Crippen molar-refractivity contribution < 1.29 is 0 Å². The highest BCUT2D eigenvalue weighted by Gasteiger charge is 2.23. The van der Waals surface area contributed by atoms with Gasteiger partial charge < -0.3 is 10.2 Å². The molecule has 0 radical (unpaired) electrons. The zero-order valence-corrected chi connectivity index (χ0v) is 15.0. The van der Waals surface area contributed by atoms with Crippen LogP contribution in [0.25, 0.3) is 0 Å². The van der Waals surface area contributed by atoms with Gasteiger partial charge in [-0.3, -0.25) is 0 Å². The maximum absolute atomic E-state index is 3.73. The van der Waals surface area contributed by atoms with E-state index < -0.39 is 0 Å². The maximum atomic E-state index is 3.73. The van der Waals surface area contributed by atoms with E-state index in [1.165, 1.54) is 55.2 Å². The lowest BCUT2D eigenvalue weighted by Gasteiger charge is -2.27. The number of likely N-dealkylation sites (tertiary alicyclic amines) is 1. The average molecular weight is 353 g/mol. The Hall–Kier alpha value is -0.380. The fourth-order valence-corrected chi connectivity index (χ4v) is 3.95. The molecule has 1 aromatic carbocycles. The van der Waals surface area contributed by atoms with Gasteiger partial charge in [-0.05, 0) is 56.8 Å². The molecule has 1 N–H and O–H groups in total.